The monoisotopic (exact) mass is 417 g/mol. The SMILES string of the molecule is Cc1cc(-c2ccc(C(C)(C)C#N)cc2F)ccc1C(O)(c1cncnc1)C(C)(C)C. The second kappa shape index (κ2) is 7.86. The summed E-state index contributed by atoms with van der Waals surface area (Å²) in [6, 6.07) is 12.7. The molecule has 1 aromatic heterocycles. The molecule has 0 amide bonds. The molecule has 1 N–H and O–H groups in total. The number of aryl methyl sites for hydroxylation is 1. The highest BCUT2D eigenvalue weighted by Crippen LogP contribution is 2.46. The van der Waals surface area contributed by atoms with E-state index >= 15 is 0 Å². The summed E-state index contributed by atoms with van der Waals surface area (Å²) in [4.78, 5) is 8.18. The van der Waals surface area contributed by atoms with Gasteiger partial charge in [0.05, 0.1) is 11.5 Å². The van der Waals surface area contributed by atoms with Crippen LogP contribution in [0.5, 0.6) is 0 Å². The normalized spacial score (nSPS) is 14.0. The fraction of sp³-hybridized carbons (Fsp3) is 0.346. The Morgan fingerprint density at radius 2 is 1.58 bits per heavy atom. The molecule has 4 nitrogen and oxygen atoms in total. The van der Waals surface area contributed by atoms with Crippen LogP contribution in [0.2, 0.25) is 0 Å². The Labute approximate surface area is 183 Å². The van der Waals surface area contributed by atoms with Gasteiger partial charge in [0.25, 0.3) is 0 Å². The van der Waals surface area contributed by atoms with Gasteiger partial charge in [0.2, 0.25) is 0 Å². The van der Waals surface area contributed by atoms with Crippen LogP contribution in [0.1, 0.15) is 56.9 Å². The van der Waals surface area contributed by atoms with Crippen LogP contribution in [-0.4, -0.2) is 15.1 Å². The number of hydrogen-bond acceptors (Lipinski definition) is 4. The van der Waals surface area contributed by atoms with Crippen molar-refractivity contribution in [1.82, 2.24) is 9.97 Å². The summed E-state index contributed by atoms with van der Waals surface area (Å²) in [5.74, 6) is -0.379. The number of aromatic nitrogens is 2. The molecule has 1 atom stereocenters. The number of aliphatic hydroxyl groups is 1. The zero-order valence-corrected chi connectivity index (χ0v) is 18.9. The maximum atomic E-state index is 14.9. The molecule has 0 saturated carbocycles. The summed E-state index contributed by atoms with van der Waals surface area (Å²) in [6.45, 7) is 11.3. The van der Waals surface area contributed by atoms with E-state index in [9.17, 15) is 14.8 Å². The van der Waals surface area contributed by atoms with Gasteiger partial charge in [-0.25, -0.2) is 14.4 Å². The van der Waals surface area contributed by atoms with Gasteiger partial charge in [-0.05, 0) is 54.5 Å². The van der Waals surface area contributed by atoms with Crippen molar-refractivity contribution in [3.63, 3.8) is 0 Å². The third-order valence-electron chi connectivity index (χ3n) is 5.96. The molecule has 0 bridgehead atoms. The first-order chi connectivity index (χ1) is 14.4. The first-order valence-corrected chi connectivity index (χ1v) is 10.2. The topological polar surface area (TPSA) is 69.8 Å². The lowest BCUT2D eigenvalue weighted by atomic mass is 9.67. The Morgan fingerprint density at radius 3 is 2.10 bits per heavy atom. The third kappa shape index (κ3) is 3.96. The lowest BCUT2D eigenvalue weighted by Crippen LogP contribution is -2.42. The highest BCUT2D eigenvalue weighted by molar-refractivity contribution is 5.67. The number of rotatable bonds is 4. The van der Waals surface area contributed by atoms with Crippen molar-refractivity contribution in [3.05, 3.63) is 83.2 Å². The number of benzene rings is 2. The molecule has 0 aliphatic carbocycles. The van der Waals surface area contributed by atoms with E-state index in [0.717, 1.165) is 11.1 Å². The van der Waals surface area contributed by atoms with Crippen molar-refractivity contribution >= 4 is 0 Å². The van der Waals surface area contributed by atoms with E-state index in [4.69, 9.17) is 0 Å². The second-order valence-corrected chi connectivity index (χ2v) is 9.55. The van der Waals surface area contributed by atoms with Crippen LogP contribution in [0.25, 0.3) is 11.1 Å². The van der Waals surface area contributed by atoms with Gasteiger partial charge >= 0.3 is 0 Å². The van der Waals surface area contributed by atoms with Gasteiger partial charge in [-0.1, -0.05) is 51.1 Å². The smallest absolute Gasteiger partial charge is 0.131 e. The summed E-state index contributed by atoms with van der Waals surface area (Å²) in [7, 11) is 0. The summed E-state index contributed by atoms with van der Waals surface area (Å²) in [6.07, 6.45) is 4.68. The minimum Gasteiger partial charge on any atom is -0.380 e. The second-order valence-electron chi connectivity index (χ2n) is 9.55. The van der Waals surface area contributed by atoms with Crippen LogP contribution in [0.15, 0.2) is 55.1 Å². The molecule has 31 heavy (non-hydrogen) atoms. The lowest BCUT2D eigenvalue weighted by Gasteiger charge is -2.41. The Kier molecular flexibility index (Phi) is 5.73. The molecule has 160 valence electrons. The average molecular weight is 418 g/mol. The fourth-order valence-corrected chi connectivity index (χ4v) is 3.92. The van der Waals surface area contributed by atoms with Gasteiger partial charge in [0.15, 0.2) is 0 Å². The summed E-state index contributed by atoms with van der Waals surface area (Å²) >= 11 is 0. The Bertz CT molecular complexity index is 1140. The number of hydrogen-bond donors (Lipinski definition) is 1. The molecule has 0 fully saturated rings. The summed E-state index contributed by atoms with van der Waals surface area (Å²) in [5, 5.41) is 21.2. The van der Waals surface area contributed by atoms with E-state index in [2.05, 4.69) is 16.0 Å². The number of halogens is 1. The first kappa shape index (κ1) is 22.6. The van der Waals surface area contributed by atoms with Crippen molar-refractivity contribution in [3.8, 4) is 17.2 Å². The van der Waals surface area contributed by atoms with Gasteiger partial charge in [0, 0.05) is 23.5 Å². The molecule has 0 saturated heterocycles. The fourth-order valence-electron chi connectivity index (χ4n) is 3.92. The van der Waals surface area contributed by atoms with Gasteiger partial charge in [0.1, 0.15) is 17.7 Å². The van der Waals surface area contributed by atoms with Gasteiger partial charge in [-0.15, -0.1) is 0 Å². The van der Waals surface area contributed by atoms with Crippen LogP contribution in [0.4, 0.5) is 4.39 Å². The van der Waals surface area contributed by atoms with Gasteiger partial charge < -0.3 is 5.11 Å². The largest absolute Gasteiger partial charge is 0.380 e. The van der Waals surface area contributed by atoms with E-state index in [1.165, 1.54) is 12.4 Å². The van der Waals surface area contributed by atoms with Crippen molar-refractivity contribution in [2.45, 2.75) is 52.6 Å². The molecular formula is C26H28FN3O. The Hall–Kier alpha value is -3.10. The van der Waals surface area contributed by atoms with E-state index in [1.807, 2.05) is 45.9 Å². The Balaban J connectivity index is 2.11. The molecule has 0 radical (unpaired) electrons. The van der Waals surface area contributed by atoms with Crippen molar-refractivity contribution in [1.29, 1.82) is 5.26 Å². The molecule has 1 heterocycles. The van der Waals surface area contributed by atoms with Crippen LogP contribution in [-0.2, 0) is 11.0 Å². The van der Waals surface area contributed by atoms with E-state index < -0.39 is 16.4 Å². The van der Waals surface area contributed by atoms with E-state index in [1.54, 1.807) is 38.4 Å². The quantitative estimate of drug-likeness (QED) is 0.593. The maximum absolute atomic E-state index is 14.9. The lowest BCUT2D eigenvalue weighted by molar-refractivity contribution is -0.0269. The minimum atomic E-state index is -1.32. The van der Waals surface area contributed by atoms with Gasteiger partial charge in [-0.2, -0.15) is 5.26 Å². The molecule has 1 unspecified atom stereocenters. The molecular weight excluding hydrogens is 389 g/mol. The van der Waals surface area contributed by atoms with Crippen molar-refractivity contribution < 1.29 is 9.50 Å². The molecule has 3 rings (SSSR count). The van der Waals surface area contributed by atoms with Crippen LogP contribution < -0.4 is 0 Å². The number of nitrogens with zero attached hydrogens (tertiary/aromatic N) is 3. The molecule has 0 spiro atoms. The molecule has 0 aliphatic rings. The average Bonchev–Trinajstić information content (AvgIpc) is 2.72. The van der Waals surface area contributed by atoms with Crippen molar-refractivity contribution in [2.75, 3.05) is 0 Å². The van der Waals surface area contributed by atoms with Gasteiger partial charge in [-0.3, -0.25) is 0 Å². The Morgan fingerprint density at radius 1 is 0.935 bits per heavy atom. The zero-order valence-electron chi connectivity index (χ0n) is 18.9. The first-order valence-electron chi connectivity index (χ1n) is 10.2. The summed E-state index contributed by atoms with van der Waals surface area (Å²) in [5.41, 5.74) is 1.33. The molecule has 5 heteroatoms. The predicted octanol–water partition coefficient (Wildman–Crippen LogP) is 5.67. The van der Waals surface area contributed by atoms with Crippen LogP contribution in [0.3, 0.4) is 0 Å². The van der Waals surface area contributed by atoms with Crippen LogP contribution >= 0.6 is 0 Å². The molecule has 3 aromatic rings. The summed E-state index contributed by atoms with van der Waals surface area (Å²) < 4.78 is 14.9. The van der Waals surface area contributed by atoms with E-state index in [-0.39, 0.29) is 5.82 Å². The van der Waals surface area contributed by atoms with Crippen molar-refractivity contribution in [2.24, 2.45) is 5.41 Å². The maximum Gasteiger partial charge on any atom is 0.131 e. The highest BCUT2D eigenvalue weighted by atomic mass is 19.1. The molecule has 2 aromatic carbocycles. The zero-order chi connectivity index (χ0) is 23.0. The molecule has 0 aliphatic heterocycles. The highest BCUT2D eigenvalue weighted by Gasteiger charge is 2.44. The minimum absolute atomic E-state index is 0.379. The number of nitriles is 1. The predicted molar refractivity (Wildman–Crippen MR) is 120 cm³/mol. The third-order valence-corrected chi connectivity index (χ3v) is 5.96. The van der Waals surface area contributed by atoms with E-state index in [0.29, 0.717) is 22.3 Å². The van der Waals surface area contributed by atoms with Crippen LogP contribution in [0, 0.1) is 29.5 Å². The standard InChI is InChI=1S/C26H28FN3O/c1-17-11-18(21-9-8-19(12-23(21)27)25(5,6)15-28)7-10-22(17)26(31,24(2,3)4)20-13-29-16-30-14-20/h7-14,16,31H,1-6H3.